The van der Waals surface area contributed by atoms with Gasteiger partial charge in [-0.25, -0.2) is 0 Å². The first kappa shape index (κ1) is 21.9. The fourth-order valence-electron chi connectivity index (χ4n) is 2.91. The quantitative estimate of drug-likeness (QED) is 0.264. The second kappa shape index (κ2) is 9.02. The largest absolute Gasteiger partial charge is 0.397 e. The average Bonchev–Trinajstić information content (AvgIpc) is 3.40. The Morgan fingerprint density at radius 3 is 2.32 bits per heavy atom. The number of thiophene rings is 2. The smallest absolute Gasteiger partial charge is 0.208 e. The molecular weight excluding hydrogens is 495 g/mol. The Hall–Kier alpha value is -2.35. The Bertz CT molecular complexity index is 1280. The molecule has 0 amide bonds. The molecule has 0 saturated carbocycles. The van der Waals surface area contributed by atoms with Crippen molar-refractivity contribution in [3.8, 4) is 0 Å². The van der Waals surface area contributed by atoms with Gasteiger partial charge in [-0.3, -0.25) is 9.59 Å². The first-order chi connectivity index (χ1) is 14.9. The first-order valence-electron chi connectivity index (χ1n) is 8.88. The van der Waals surface area contributed by atoms with Crippen LogP contribution in [-0.4, -0.2) is 11.6 Å². The van der Waals surface area contributed by atoms with E-state index in [0.717, 1.165) is 11.3 Å². The molecule has 0 unspecified atom stereocenters. The van der Waals surface area contributed by atoms with Crippen molar-refractivity contribution >= 4 is 85.4 Å². The van der Waals surface area contributed by atoms with Crippen molar-refractivity contribution in [1.82, 2.24) is 0 Å². The van der Waals surface area contributed by atoms with Gasteiger partial charge in [-0.2, -0.15) is 0 Å². The molecule has 2 heterocycles. The highest BCUT2D eigenvalue weighted by Gasteiger charge is 2.28. The highest BCUT2D eigenvalue weighted by molar-refractivity contribution is 7.19. The second-order valence-corrected chi connectivity index (χ2v) is 9.61. The number of carbonyl (C=O) groups is 2. The molecule has 0 atom stereocenters. The third-order valence-electron chi connectivity index (χ3n) is 4.43. The molecule has 0 aliphatic rings. The van der Waals surface area contributed by atoms with Crippen molar-refractivity contribution in [1.29, 1.82) is 0 Å². The molecule has 0 radical (unpaired) electrons. The molecular formula is C22H13Cl3N2O2S2. The molecule has 0 bridgehead atoms. The summed E-state index contributed by atoms with van der Waals surface area (Å²) in [6.07, 6.45) is 0. The number of hydrogen-bond acceptors (Lipinski definition) is 6. The van der Waals surface area contributed by atoms with E-state index in [4.69, 9.17) is 40.5 Å². The standard InChI is InChI=1S/C22H13Cl3N2O2S2/c23-12-8-6-11(7-9-12)19(28)21-18(26)16(20(29)15-5-2-10-30-15)22(31-21)27-14-4-1-3-13(24)17(14)25/h1-10,27H,26H2. The van der Waals surface area contributed by atoms with Crippen LogP contribution >= 0.6 is 57.5 Å². The molecule has 0 spiro atoms. The van der Waals surface area contributed by atoms with Crippen LogP contribution < -0.4 is 11.1 Å². The minimum absolute atomic E-state index is 0.115. The maximum absolute atomic E-state index is 13.2. The predicted octanol–water partition coefficient (Wildman–Crippen LogP) is 7.56. The Morgan fingerprint density at radius 2 is 1.65 bits per heavy atom. The molecule has 3 N–H and O–H groups in total. The van der Waals surface area contributed by atoms with Gasteiger partial charge in [0.25, 0.3) is 0 Å². The van der Waals surface area contributed by atoms with E-state index in [-0.39, 0.29) is 27.7 Å². The zero-order chi connectivity index (χ0) is 22.1. The summed E-state index contributed by atoms with van der Waals surface area (Å²) in [7, 11) is 0. The fourth-order valence-corrected chi connectivity index (χ4v) is 5.15. The molecule has 9 heteroatoms. The average molecular weight is 508 g/mol. The monoisotopic (exact) mass is 506 g/mol. The van der Waals surface area contributed by atoms with Gasteiger partial charge < -0.3 is 11.1 Å². The third-order valence-corrected chi connectivity index (χ3v) is 7.49. The third kappa shape index (κ3) is 4.35. The Kier molecular flexibility index (Phi) is 6.36. The van der Waals surface area contributed by atoms with Crippen LogP contribution in [0.25, 0.3) is 0 Å². The number of nitrogen functional groups attached to an aromatic ring is 1. The number of anilines is 3. The summed E-state index contributed by atoms with van der Waals surface area (Å²) in [6, 6.07) is 15.1. The van der Waals surface area contributed by atoms with Crippen LogP contribution in [0, 0.1) is 0 Å². The van der Waals surface area contributed by atoms with Crippen LogP contribution in [0.3, 0.4) is 0 Å². The van der Waals surface area contributed by atoms with Crippen molar-refractivity contribution in [2.24, 2.45) is 0 Å². The number of carbonyl (C=O) groups excluding carboxylic acids is 2. The molecule has 0 saturated heterocycles. The number of rotatable bonds is 6. The van der Waals surface area contributed by atoms with E-state index in [9.17, 15) is 9.59 Å². The molecule has 156 valence electrons. The number of ketones is 2. The van der Waals surface area contributed by atoms with Gasteiger partial charge in [-0.15, -0.1) is 22.7 Å². The summed E-state index contributed by atoms with van der Waals surface area (Å²) >= 11 is 20.7. The molecule has 4 aromatic rings. The van der Waals surface area contributed by atoms with Gasteiger partial charge in [0.15, 0.2) is 0 Å². The van der Waals surface area contributed by atoms with Crippen molar-refractivity contribution in [2.75, 3.05) is 11.1 Å². The number of benzene rings is 2. The van der Waals surface area contributed by atoms with E-state index < -0.39 is 0 Å². The van der Waals surface area contributed by atoms with Crippen molar-refractivity contribution in [3.63, 3.8) is 0 Å². The molecule has 31 heavy (non-hydrogen) atoms. The lowest BCUT2D eigenvalue weighted by atomic mass is 10.1. The van der Waals surface area contributed by atoms with E-state index in [2.05, 4.69) is 5.32 Å². The zero-order valence-corrected chi connectivity index (χ0v) is 19.5. The number of nitrogens with one attached hydrogen (secondary N) is 1. The molecule has 2 aromatic carbocycles. The molecule has 0 aliphatic heterocycles. The molecule has 2 aromatic heterocycles. The number of nitrogens with two attached hydrogens (primary N) is 1. The maximum atomic E-state index is 13.2. The van der Waals surface area contributed by atoms with Crippen molar-refractivity contribution in [3.05, 3.63) is 95.9 Å². The first-order valence-corrected chi connectivity index (χ1v) is 11.7. The van der Waals surface area contributed by atoms with Crippen LogP contribution in [0.15, 0.2) is 60.0 Å². The summed E-state index contributed by atoms with van der Waals surface area (Å²) in [5, 5.41) is 6.53. The van der Waals surface area contributed by atoms with E-state index in [1.165, 1.54) is 11.3 Å². The molecule has 4 rings (SSSR count). The summed E-state index contributed by atoms with van der Waals surface area (Å²) in [6.45, 7) is 0. The summed E-state index contributed by atoms with van der Waals surface area (Å²) in [5.41, 5.74) is 7.60. The zero-order valence-electron chi connectivity index (χ0n) is 15.6. The van der Waals surface area contributed by atoms with E-state index in [1.54, 1.807) is 60.0 Å². The van der Waals surface area contributed by atoms with E-state index in [1.807, 2.05) is 0 Å². The van der Waals surface area contributed by atoms with Gasteiger partial charge >= 0.3 is 0 Å². The van der Waals surface area contributed by atoms with Crippen LogP contribution in [0.5, 0.6) is 0 Å². The van der Waals surface area contributed by atoms with Crippen molar-refractivity contribution < 1.29 is 9.59 Å². The Morgan fingerprint density at radius 1 is 0.903 bits per heavy atom. The topological polar surface area (TPSA) is 72.2 Å². The summed E-state index contributed by atoms with van der Waals surface area (Å²) in [5.74, 6) is -0.579. The Labute approximate surface area is 201 Å². The lowest BCUT2D eigenvalue weighted by Gasteiger charge is -2.09. The van der Waals surface area contributed by atoms with Gasteiger partial charge in [0, 0.05) is 10.6 Å². The van der Waals surface area contributed by atoms with Crippen molar-refractivity contribution in [2.45, 2.75) is 0 Å². The van der Waals surface area contributed by atoms with Gasteiger partial charge in [0.05, 0.1) is 31.9 Å². The normalized spacial score (nSPS) is 10.8. The van der Waals surface area contributed by atoms with Gasteiger partial charge in [0.1, 0.15) is 9.88 Å². The Balaban J connectivity index is 1.83. The van der Waals surface area contributed by atoms with Gasteiger partial charge in [0.2, 0.25) is 11.6 Å². The maximum Gasteiger partial charge on any atom is 0.208 e. The van der Waals surface area contributed by atoms with Gasteiger partial charge in [-0.05, 0) is 47.8 Å². The van der Waals surface area contributed by atoms with E-state index >= 15 is 0 Å². The minimum atomic E-state index is -0.301. The van der Waals surface area contributed by atoms with E-state index in [0.29, 0.717) is 36.2 Å². The van der Waals surface area contributed by atoms with Crippen LogP contribution in [0.4, 0.5) is 16.4 Å². The lowest BCUT2D eigenvalue weighted by molar-refractivity contribution is 0.104. The van der Waals surface area contributed by atoms with Crippen LogP contribution in [0.2, 0.25) is 15.1 Å². The molecule has 0 aliphatic carbocycles. The molecule has 0 fully saturated rings. The minimum Gasteiger partial charge on any atom is -0.397 e. The highest BCUT2D eigenvalue weighted by atomic mass is 35.5. The summed E-state index contributed by atoms with van der Waals surface area (Å²) < 4.78 is 0. The summed E-state index contributed by atoms with van der Waals surface area (Å²) in [4.78, 5) is 27.1. The number of halogens is 3. The lowest BCUT2D eigenvalue weighted by Crippen LogP contribution is -2.07. The highest BCUT2D eigenvalue weighted by Crippen LogP contribution is 2.42. The predicted molar refractivity (Wildman–Crippen MR) is 131 cm³/mol. The number of hydrogen-bond donors (Lipinski definition) is 2. The SMILES string of the molecule is Nc1c(C(=O)c2ccc(Cl)cc2)sc(Nc2cccc(Cl)c2Cl)c1C(=O)c1cccs1. The van der Waals surface area contributed by atoms with Gasteiger partial charge in [-0.1, -0.05) is 46.9 Å². The second-order valence-electron chi connectivity index (χ2n) is 6.42. The van der Waals surface area contributed by atoms with Crippen LogP contribution in [-0.2, 0) is 0 Å². The van der Waals surface area contributed by atoms with Crippen LogP contribution in [0.1, 0.15) is 30.5 Å². The fraction of sp³-hybridized carbons (Fsp3) is 0. The molecule has 4 nitrogen and oxygen atoms in total.